The first-order chi connectivity index (χ1) is 9.94. The molecule has 0 unspecified atom stereocenters. The SMILES string of the molecule is COc1ccc(CN2CCN(S(C)(=O)=O)CC2)c(OC)c1. The molecular formula is C14H22N2O4S. The highest BCUT2D eigenvalue weighted by atomic mass is 32.2. The zero-order valence-corrected chi connectivity index (χ0v) is 13.5. The molecular weight excluding hydrogens is 292 g/mol. The molecule has 0 aliphatic carbocycles. The molecule has 0 saturated carbocycles. The lowest BCUT2D eigenvalue weighted by atomic mass is 10.1. The maximum atomic E-state index is 11.5. The molecule has 0 atom stereocenters. The average Bonchev–Trinajstić information content (AvgIpc) is 2.47. The van der Waals surface area contributed by atoms with Gasteiger partial charge in [-0.3, -0.25) is 4.90 Å². The van der Waals surface area contributed by atoms with Gasteiger partial charge in [-0.1, -0.05) is 6.07 Å². The largest absolute Gasteiger partial charge is 0.497 e. The second kappa shape index (κ2) is 6.64. The molecule has 1 fully saturated rings. The standard InChI is InChI=1S/C14H22N2O4S/c1-19-13-5-4-12(14(10-13)20-2)11-15-6-8-16(9-7-15)21(3,17)18/h4-5,10H,6-9,11H2,1-3H3. The summed E-state index contributed by atoms with van der Waals surface area (Å²) in [6.07, 6.45) is 1.26. The van der Waals surface area contributed by atoms with Crippen LogP contribution in [0.1, 0.15) is 5.56 Å². The molecule has 1 aromatic rings. The molecule has 1 aliphatic rings. The smallest absolute Gasteiger partial charge is 0.211 e. The molecule has 118 valence electrons. The third kappa shape index (κ3) is 4.09. The van der Waals surface area contributed by atoms with Crippen LogP contribution in [-0.4, -0.2) is 64.3 Å². The summed E-state index contributed by atoms with van der Waals surface area (Å²) in [7, 11) is 0.184. The Labute approximate surface area is 126 Å². The van der Waals surface area contributed by atoms with Crippen molar-refractivity contribution in [1.29, 1.82) is 0 Å². The minimum absolute atomic E-state index is 0.539. The van der Waals surface area contributed by atoms with E-state index in [1.807, 2.05) is 18.2 Å². The summed E-state index contributed by atoms with van der Waals surface area (Å²) in [6, 6.07) is 5.76. The number of benzene rings is 1. The van der Waals surface area contributed by atoms with Gasteiger partial charge >= 0.3 is 0 Å². The van der Waals surface area contributed by atoms with Crippen LogP contribution in [0.5, 0.6) is 11.5 Å². The van der Waals surface area contributed by atoms with Crippen LogP contribution < -0.4 is 9.47 Å². The first-order valence-electron chi connectivity index (χ1n) is 6.82. The van der Waals surface area contributed by atoms with Crippen molar-refractivity contribution in [3.63, 3.8) is 0 Å². The van der Waals surface area contributed by atoms with Gasteiger partial charge in [0.1, 0.15) is 11.5 Å². The molecule has 0 bridgehead atoms. The van der Waals surface area contributed by atoms with Gasteiger partial charge in [0, 0.05) is 44.4 Å². The zero-order valence-electron chi connectivity index (χ0n) is 12.7. The lowest BCUT2D eigenvalue weighted by Gasteiger charge is -2.33. The second-order valence-corrected chi connectivity index (χ2v) is 7.10. The van der Waals surface area contributed by atoms with E-state index >= 15 is 0 Å². The minimum Gasteiger partial charge on any atom is -0.497 e. The Bertz CT molecular complexity index is 581. The van der Waals surface area contributed by atoms with Gasteiger partial charge in [-0.25, -0.2) is 8.42 Å². The van der Waals surface area contributed by atoms with E-state index in [1.54, 1.807) is 14.2 Å². The predicted molar refractivity (Wildman–Crippen MR) is 81.2 cm³/mol. The van der Waals surface area contributed by atoms with E-state index in [4.69, 9.17) is 9.47 Å². The summed E-state index contributed by atoms with van der Waals surface area (Å²) < 4.78 is 35.1. The first kappa shape index (κ1) is 16.1. The Balaban J connectivity index is 2.00. The van der Waals surface area contributed by atoms with Crippen LogP contribution in [0.15, 0.2) is 18.2 Å². The summed E-state index contributed by atoms with van der Waals surface area (Å²) in [6.45, 7) is 3.27. The summed E-state index contributed by atoms with van der Waals surface area (Å²) in [5.41, 5.74) is 1.08. The fourth-order valence-electron chi connectivity index (χ4n) is 2.44. The summed E-state index contributed by atoms with van der Waals surface area (Å²) in [5, 5.41) is 0. The van der Waals surface area contributed by atoms with E-state index in [9.17, 15) is 8.42 Å². The van der Waals surface area contributed by atoms with Crippen molar-refractivity contribution in [3.05, 3.63) is 23.8 Å². The number of rotatable bonds is 5. The lowest BCUT2D eigenvalue weighted by molar-refractivity contribution is 0.180. The molecule has 0 amide bonds. The van der Waals surface area contributed by atoms with E-state index in [0.717, 1.165) is 36.7 Å². The first-order valence-corrected chi connectivity index (χ1v) is 8.67. The summed E-state index contributed by atoms with van der Waals surface area (Å²) >= 11 is 0. The number of hydrogen-bond donors (Lipinski definition) is 0. The highest BCUT2D eigenvalue weighted by Crippen LogP contribution is 2.26. The molecule has 0 spiro atoms. The predicted octanol–water partition coefficient (Wildman–Crippen LogP) is 0.781. The zero-order chi connectivity index (χ0) is 15.5. The third-order valence-corrected chi connectivity index (χ3v) is 4.99. The molecule has 21 heavy (non-hydrogen) atoms. The van der Waals surface area contributed by atoms with Crippen LogP contribution in [0.25, 0.3) is 0 Å². The number of nitrogens with zero attached hydrogens (tertiary/aromatic N) is 2. The minimum atomic E-state index is -3.08. The van der Waals surface area contributed by atoms with Gasteiger partial charge in [0.25, 0.3) is 0 Å². The third-order valence-electron chi connectivity index (χ3n) is 3.69. The summed E-state index contributed by atoms with van der Waals surface area (Å²) in [5.74, 6) is 1.55. The van der Waals surface area contributed by atoms with Crippen LogP contribution in [0, 0.1) is 0 Å². The average molecular weight is 314 g/mol. The number of hydrogen-bond acceptors (Lipinski definition) is 5. The second-order valence-electron chi connectivity index (χ2n) is 5.12. The Hall–Kier alpha value is -1.31. The molecule has 1 heterocycles. The molecule has 1 aromatic carbocycles. The Morgan fingerprint density at radius 2 is 1.76 bits per heavy atom. The highest BCUT2D eigenvalue weighted by molar-refractivity contribution is 7.88. The van der Waals surface area contributed by atoms with Crippen LogP contribution in [-0.2, 0) is 16.6 Å². The maximum absolute atomic E-state index is 11.5. The van der Waals surface area contributed by atoms with E-state index in [1.165, 1.54) is 10.6 Å². The van der Waals surface area contributed by atoms with Crippen LogP contribution in [0.4, 0.5) is 0 Å². The van der Waals surface area contributed by atoms with Gasteiger partial charge < -0.3 is 9.47 Å². The number of sulfonamides is 1. The molecule has 0 aromatic heterocycles. The van der Waals surface area contributed by atoms with E-state index < -0.39 is 10.0 Å². The molecule has 6 nitrogen and oxygen atoms in total. The van der Waals surface area contributed by atoms with E-state index in [0.29, 0.717) is 13.1 Å². The normalized spacial score (nSPS) is 17.7. The summed E-state index contributed by atoms with van der Waals surface area (Å²) in [4.78, 5) is 2.23. The quantitative estimate of drug-likeness (QED) is 0.804. The Kier molecular flexibility index (Phi) is 5.08. The van der Waals surface area contributed by atoms with E-state index in [2.05, 4.69) is 4.90 Å². The van der Waals surface area contributed by atoms with Gasteiger partial charge in [0.15, 0.2) is 0 Å². The molecule has 1 saturated heterocycles. The van der Waals surface area contributed by atoms with Gasteiger partial charge in [-0.2, -0.15) is 4.31 Å². The Morgan fingerprint density at radius 3 is 2.29 bits per heavy atom. The number of piperazine rings is 1. The van der Waals surface area contributed by atoms with Crippen LogP contribution >= 0.6 is 0 Å². The van der Waals surface area contributed by atoms with Crippen molar-refractivity contribution in [3.8, 4) is 11.5 Å². The van der Waals surface area contributed by atoms with Crippen molar-refractivity contribution < 1.29 is 17.9 Å². The van der Waals surface area contributed by atoms with E-state index in [-0.39, 0.29) is 0 Å². The number of methoxy groups -OCH3 is 2. The maximum Gasteiger partial charge on any atom is 0.211 e. The van der Waals surface area contributed by atoms with Gasteiger partial charge in [-0.05, 0) is 6.07 Å². The fourth-order valence-corrected chi connectivity index (χ4v) is 3.27. The van der Waals surface area contributed by atoms with Crippen LogP contribution in [0.2, 0.25) is 0 Å². The van der Waals surface area contributed by atoms with Gasteiger partial charge in [-0.15, -0.1) is 0 Å². The lowest BCUT2D eigenvalue weighted by Crippen LogP contribution is -2.47. The molecule has 1 aliphatic heterocycles. The van der Waals surface area contributed by atoms with Crippen molar-refractivity contribution in [2.24, 2.45) is 0 Å². The topological polar surface area (TPSA) is 59.1 Å². The highest BCUT2D eigenvalue weighted by Gasteiger charge is 2.23. The Morgan fingerprint density at radius 1 is 1.10 bits per heavy atom. The van der Waals surface area contributed by atoms with Crippen molar-refractivity contribution in [1.82, 2.24) is 9.21 Å². The van der Waals surface area contributed by atoms with Gasteiger partial charge in [0.2, 0.25) is 10.0 Å². The molecule has 2 rings (SSSR count). The van der Waals surface area contributed by atoms with Gasteiger partial charge in [0.05, 0.1) is 20.5 Å². The number of ether oxygens (including phenoxy) is 2. The molecule has 7 heteroatoms. The van der Waals surface area contributed by atoms with Crippen molar-refractivity contribution in [2.75, 3.05) is 46.7 Å². The van der Waals surface area contributed by atoms with Crippen molar-refractivity contribution >= 4 is 10.0 Å². The molecule has 0 N–H and O–H groups in total. The fraction of sp³-hybridized carbons (Fsp3) is 0.571. The molecule has 0 radical (unpaired) electrons. The van der Waals surface area contributed by atoms with Crippen molar-refractivity contribution in [2.45, 2.75) is 6.54 Å². The van der Waals surface area contributed by atoms with Crippen LogP contribution in [0.3, 0.4) is 0 Å². The monoisotopic (exact) mass is 314 g/mol.